The molecule has 0 fully saturated rings. The minimum atomic E-state index is 0.0129. The molecule has 0 aliphatic rings. The smallest absolute Gasteiger partial charge is 0.192 e. The molecule has 0 saturated heterocycles. The molecular formula is C20H8ClN11. The number of aromatic nitrogens is 9. The van der Waals surface area contributed by atoms with Crippen LogP contribution >= 0.6 is 11.6 Å². The fourth-order valence-electron chi connectivity index (χ4n) is 3.40. The Labute approximate surface area is 183 Å². The van der Waals surface area contributed by atoms with Crippen LogP contribution in [0.15, 0.2) is 48.5 Å². The number of nitrogens with zero attached hydrogens (tertiary/aromatic N) is 11. The molecule has 12 heteroatoms. The first kappa shape index (κ1) is 17.9. The lowest BCUT2D eigenvalue weighted by Crippen LogP contribution is -2.06. The second kappa shape index (κ2) is 6.57. The molecule has 6 rings (SSSR count). The van der Waals surface area contributed by atoms with Gasteiger partial charge in [0.2, 0.25) is 5.28 Å². The molecule has 0 amide bonds. The van der Waals surface area contributed by atoms with Gasteiger partial charge in [0.05, 0.1) is 23.3 Å². The summed E-state index contributed by atoms with van der Waals surface area (Å²) in [5, 5.41) is 31.8. The molecule has 0 atom stereocenters. The molecule has 0 aliphatic heterocycles. The first-order valence-electron chi connectivity index (χ1n) is 9.23. The predicted molar refractivity (Wildman–Crippen MR) is 111 cm³/mol. The van der Waals surface area contributed by atoms with Crippen molar-refractivity contribution >= 4 is 28.9 Å². The summed E-state index contributed by atoms with van der Waals surface area (Å²) in [4.78, 5) is 13.4. The number of hydrogen-bond donors (Lipinski definition) is 0. The predicted octanol–water partition coefficient (Wildman–Crippen LogP) is 2.55. The Kier molecular flexibility index (Phi) is 3.68. The van der Waals surface area contributed by atoms with Crippen LogP contribution in [0.2, 0.25) is 5.28 Å². The highest BCUT2D eigenvalue weighted by atomic mass is 35.5. The van der Waals surface area contributed by atoms with Gasteiger partial charge in [0, 0.05) is 11.1 Å². The third-order valence-electron chi connectivity index (χ3n) is 4.81. The largest absolute Gasteiger partial charge is 0.261 e. The monoisotopic (exact) mass is 437 g/mol. The maximum absolute atomic E-state index is 9.21. The average Bonchev–Trinajstić information content (AvgIpc) is 3.55. The second-order valence-electron chi connectivity index (χ2n) is 6.77. The van der Waals surface area contributed by atoms with Gasteiger partial charge in [0.15, 0.2) is 11.6 Å². The van der Waals surface area contributed by atoms with Gasteiger partial charge in [-0.1, -0.05) is 24.3 Å². The number of benzene rings is 2. The fraction of sp³-hybridized carbons (Fsp3) is 0. The number of hydrogen-bond acceptors (Lipinski definition) is 8. The van der Waals surface area contributed by atoms with Crippen LogP contribution in [0.4, 0.5) is 0 Å². The van der Waals surface area contributed by atoms with Crippen molar-refractivity contribution in [2.75, 3.05) is 0 Å². The molecule has 2 aromatic carbocycles. The Bertz CT molecular complexity index is 1650. The lowest BCUT2D eigenvalue weighted by Gasteiger charge is -1.97. The lowest BCUT2D eigenvalue weighted by atomic mass is 10.1. The van der Waals surface area contributed by atoms with E-state index in [1.807, 2.05) is 0 Å². The molecule has 32 heavy (non-hydrogen) atoms. The van der Waals surface area contributed by atoms with Crippen molar-refractivity contribution in [3.05, 3.63) is 64.9 Å². The highest BCUT2D eigenvalue weighted by Crippen LogP contribution is 2.22. The Morgan fingerprint density at radius 1 is 0.656 bits per heavy atom. The van der Waals surface area contributed by atoms with Crippen LogP contribution < -0.4 is 0 Å². The minimum absolute atomic E-state index is 0.0129. The molecule has 4 heterocycles. The number of nitriles is 2. The summed E-state index contributed by atoms with van der Waals surface area (Å²) in [6, 6.07) is 18.1. The molecule has 0 bridgehead atoms. The Hall–Kier alpha value is -4.87. The minimum Gasteiger partial charge on any atom is -0.192 e. The van der Waals surface area contributed by atoms with Gasteiger partial charge in [0.1, 0.15) is 0 Å². The lowest BCUT2D eigenvalue weighted by molar-refractivity contribution is 0.817. The molecule has 0 saturated carbocycles. The van der Waals surface area contributed by atoms with Crippen LogP contribution in [0.1, 0.15) is 11.1 Å². The molecule has 6 aromatic rings. The van der Waals surface area contributed by atoms with Crippen LogP contribution in [-0.2, 0) is 0 Å². The maximum atomic E-state index is 9.21. The normalized spacial score (nSPS) is 11.2. The van der Waals surface area contributed by atoms with E-state index in [1.165, 1.54) is 13.5 Å². The fourth-order valence-corrected chi connectivity index (χ4v) is 3.55. The van der Waals surface area contributed by atoms with E-state index >= 15 is 0 Å². The third-order valence-corrected chi connectivity index (χ3v) is 4.97. The number of fused-ring (bicyclic) bond motifs is 6. The summed E-state index contributed by atoms with van der Waals surface area (Å²) >= 11 is 6.08. The molecule has 0 unspecified atom stereocenters. The van der Waals surface area contributed by atoms with Crippen LogP contribution in [-0.4, -0.2) is 43.8 Å². The van der Waals surface area contributed by atoms with Gasteiger partial charge < -0.3 is 0 Å². The highest BCUT2D eigenvalue weighted by molar-refractivity contribution is 6.28. The van der Waals surface area contributed by atoms with Crippen LogP contribution in [0.3, 0.4) is 0 Å². The molecule has 0 N–H and O–H groups in total. The topological polar surface area (TPSA) is 138 Å². The zero-order valence-corrected chi connectivity index (χ0v) is 16.7. The molecule has 11 nitrogen and oxygen atoms in total. The molecule has 0 radical (unpaired) electrons. The Balaban J connectivity index is 1.67. The summed E-state index contributed by atoms with van der Waals surface area (Å²) in [6.07, 6.45) is 0. The molecular weight excluding hydrogens is 430 g/mol. The molecule has 150 valence electrons. The zero-order valence-electron chi connectivity index (χ0n) is 15.9. The highest BCUT2D eigenvalue weighted by Gasteiger charge is 2.21. The van der Waals surface area contributed by atoms with Crippen molar-refractivity contribution in [2.45, 2.75) is 0 Å². The number of rotatable bonds is 2. The van der Waals surface area contributed by atoms with E-state index in [1.54, 1.807) is 48.5 Å². The van der Waals surface area contributed by atoms with Gasteiger partial charge in [-0.25, -0.2) is 0 Å². The molecule has 4 aromatic heterocycles. The van der Waals surface area contributed by atoms with Gasteiger partial charge in [0.25, 0.3) is 17.3 Å². The van der Waals surface area contributed by atoms with Crippen molar-refractivity contribution < 1.29 is 0 Å². The quantitative estimate of drug-likeness (QED) is 0.402. The summed E-state index contributed by atoms with van der Waals surface area (Å²) < 4.78 is 4.37. The van der Waals surface area contributed by atoms with E-state index in [0.29, 0.717) is 51.2 Å². The first-order valence-corrected chi connectivity index (χ1v) is 9.61. The third kappa shape index (κ3) is 2.59. The zero-order chi connectivity index (χ0) is 21.8. The van der Waals surface area contributed by atoms with Crippen LogP contribution in [0, 0.1) is 22.7 Å². The maximum Gasteiger partial charge on any atom is 0.261 e. The van der Waals surface area contributed by atoms with Crippen molar-refractivity contribution in [2.24, 2.45) is 0 Å². The van der Waals surface area contributed by atoms with Gasteiger partial charge in [-0.05, 0) is 35.9 Å². The van der Waals surface area contributed by atoms with E-state index < -0.39 is 0 Å². The van der Waals surface area contributed by atoms with E-state index in [9.17, 15) is 10.5 Å². The summed E-state index contributed by atoms with van der Waals surface area (Å²) in [5.74, 6) is 1.72. The second-order valence-corrected chi connectivity index (χ2v) is 7.11. The van der Waals surface area contributed by atoms with E-state index in [0.717, 1.165) is 0 Å². The van der Waals surface area contributed by atoms with Crippen molar-refractivity contribution in [1.82, 2.24) is 43.8 Å². The average molecular weight is 438 g/mol. The van der Waals surface area contributed by atoms with E-state index in [2.05, 4.69) is 42.4 Å². The first-order chi connectivity index (χ1) is 15.6. The van der Waals surface area contributed by atoms with Gasteiger partial charge in [-0.2, -0.15) is 39.0 Å². The molecule has 0 spiro atoms. The summed E-state index contributed by atoms with van der Waals surface area (Å²) in [7, 11) is 0. The number of halogens is 1. The van der Waals surface area contributed by atoms with E-state index in [-0.39, 0.29) is 5.28 Å². The van der Waals surface area contributed by atoms with Gasteiger partial charge in [-0.15, -0.1) is 15.3 Å². The van der Waals surface area contributed by atoms with Gasteiger partial charge >= 0.3 is 0 Å². The van der Waals surface area contributed by atoms with E-state index in [4.69, 9.17) is 11.6 Å². The van der Waals surface area contributed by atoms with Gasteiger partial charge in [-0.3, -0.25) is 0 Å². The van der Waals surface area contributed by atoms with Crippen molar-refractivity contribution in [3.63, 3.8) is 0 Å². The van der Waals surface area contributed by atoms with Crippen LogP contribution in [0.25, 0.3) is 40.1 Å². The van der Waals surface area contributed by atoms with Crippen molar-refractivity contribution in [1.29, 1.82) is 10.5 Å². The summed E-state index contributed by atoms with van der Waals surface area (Å²) in [6.45, 7) is 0. The van der Waals surface area contributed by atoms with Crippen molar-refractivity contribution in [3.8, 4) is 34.9 Å². The Morgan fingerprint density at radius 2 is 1.12 bits per heavy atom. The Morgan fingerprint density at radius 3 is 1.62 bits per heavy atom. The van der Waals surface area contributed by atoms with Crippen LogP contribution in [0.5, 0.6) is 0 Å². The SMILES string of the molecule is N#Cc1cccc(-c2nc3n(n2)c2nc(Cl)nn2c2nc(-c4cccc(C#N)c4)nn23)c1. The summed E-state index contributed by atoms with van der Waals surface area (Å²) in [5.41, 5.74) is 2.30. The standard InChI is InChI=1S/C20H8ClN11/c21-17-26-20-31-18(24-15(28-31)13-5-1-3-11(7-13)9-22)30-19(32(20)29-17)25-16(27-30)14-6-2-4-12(8-14)10-23/h1-8H. The molecule has 0 aliphatic carbocycles.